The summed E-state index contributed by atoms with van der Waals surface area (Å²) in [6, 6.07) is 8.31. The smallest absolute Gasteiger partial charge is 0.201 e. The third-order valence-corrected chi connectivity index (χ3v) is 2.03. The minimum atomic E-state index is -2.91. The van der Waals surface area contributed by atoms with Crippen LogP contribution in [0.3, 0.4) is 0 Å². The van der Waals surface area contributed by atoms with E-state index in [1.165, 1.54) is 0 Å². The van der Waals surface area contributed by atoms with Gasteiger partial charge in [0, 0.05) is 6.92 Å². The maximum absolute atomic E-state index is 12.7. The molecule has 0 spiro atoms. The summed E-state index contributed by atoms with van der Waals surface area (Å²) in [5.74, 6) is -2.91. The molecule has 0 radical (unpaired) electrons. The third-order valence-electron chi connectivity index (χ3n) is 1.43. The van der Waals surface area contributed by atoms with E-state index in [0.717, 1.165) is 6.92 Å². The lowest BCUT2D eigenvalue weighted by molar-refractivity contribution is 0.104. The first-order valence-corrected chi connectivity index (χ1v) is 3.90. The Labute approximate surface area is 75.2 Å². The van der Waals surface area contributed by atoms with Gasteiger partial charge in [0.2, 0.25) is 0 Å². The zero-order valence-electron chi connectivity index (χ0n) is 6.55. The molecule has 1 aromatic rings. The number of benzene rings is 1. The normalized spacial score (nSPS) is 11.2. The number of thiocarbonyl (C=S) groups is 1. The largest absolute Gasteiger partial charge is 0.280 e. The van der Waals surface area contributed by atoms with Gasteiger partial charge in [-0.25, -0.2) is 8.78 Å². The van der Waals surface area contributed by atoms with E-state index in [0.29, 0.717) is 5.56 Å². The lowest BCUT2D eigenvalue weighted by Crippen LogP contribution is -2.22. The summed E-state index contributed by atoms with van der Waals surface area (Å²) in [5.41, 5.74) is 0.417. The summed E-state index contributed by atoms with van der Waals surface area (Å²) >= 11 is 4.61. The Kier molecular flexibility index (Phi) is 2.52. The van der Waals surface area contributed by atoms with Crippen LogP contribution in [-0.4, -0.2) is 10.8 Å². The van der Waals surface area contributed by atoms with Gasteiger partial charge in [0.25, 0.3) is 5.92 Å². The van der Waals surface area contributed by atoms with Crippen LogP contribution in [0.15, 0.2) is 30.3 Å². The van der Waals surface area contributed by atoms with Gasteiger partial charge in [0.05, 0.1) is 4.86 Å². The standard InChI is InChI=1S/C9H8F2S/c1-9(10,11)8(12)7-5-3-2-4-6-7/h2-6H,1H3. The molecule has 0 aliphatic carbocycles. The molecule has 12 heavy (non-hydrogen) atoms. The lowest BCUT2D eigenvalue weighted by atomic mass is 10.1. The third kappa shape index (κ3) is 2.08. The molecule has 0 heterocycles. The Hall–Kier alpha value is -0.830. The van der Waals surface area contributed by atoms with Crippen molar-refractivity contribution in [3.8, 4) is 0 Å². The molecule has 0 aromatic heterocycles. The molecule has 1 rings (SSSR count). The van der Waals surface area contributed by atoms with Gasteiger partial charge in [-0.3, -0.25) is 0 Å². The van der Waals surface area contributed by atoms with E-state index in [4.69, 9.17) is 0 Å². The quantitative estimate of drug-likeness (QED) is 0.505. The fraction of sp³-hybridized carbons (Fsp3) is 0.222. The van der Waals surface area contributed by atoms with Gasteiger partial charge >= 0.3 is 0 Å². The fourth-order valence-corrected chi connectivity index (χ4v) is 0.979. The van der Waals surface area contributed by atoms with Gasteiger partial charge in [0.15, 0.2) is 0 Å². The maximum Gasteiger partial charge on any atom is 0.280 e. The molecule has 0 bridgehead atoms. The van der Waals surface area contributed by atoms with Crippen LogP contribution in [-0.2, 0) is 0 Å². The van der Waals surface area contributed by atoms with Crippen molar-refractivity contribution in [1.82, 2.24) is 0 Å². The van der Waals surface area contributed by atoms with E-state index in [2.05, 4.69) is 12.2 Å². The van der Waals surface area contributed by atoms with E-state index in [1.54, 1.807) is 30.3 Å². The Balaban J connectivity index is 2.94. The van der Waals surface area contributed by atoms with Crippen molar-refractivity contribution >= 4 is 17.1 Å². The number of rotatable bonds is 2. The van der Waals surface area contributed by atoms with Crippen LogP contribution in [0.2, 0.25) is 0 Å². The van der Waals surface area contributed by atoms with Gasteiger partial charge in [-0.15, -0.1) is 0 Å². The van der Waals surface area contributed by atoms with Gasteiger partial charge < -0.3 is 0 Å². The van der Waals surface area contributed by atoms with Gasteiger partial charge in [-0.1, -0.05) is 42.5 Å². The lowest BCUT2D eigenvalue weighted by Gasteiger charge is -2.11. The highest BCUT2D eigenvalue weighted by Gasteiger charge is 2.28. The number of hydrogen-bond acceptors (Lipinski definition) is 1. The monoisotopic (exact) mass is 186 g/mol. The molecule has 0 aliphatic rings. The van der Waals surface area contributed by atoms with Gasteiger partial charge in [-0.05, 0) is 5.56 Å². The Morgan fingerprint density at radius 2 is 1.75 bits per heavy atom. The molecule has 3 heteroatoms. The Bertz CT molecular complexity index is 274. The van der Waals surface area contributed by atoms with E-state index < -0.39 is 5.92 Å². The molecular weight excluding hydrogens is 178 g/mol. The summed E-state index contributed by atoms with van der Waals surface area (Å²) in [7, 11) is 0. The van der Waals surface area contributed by atoms with Crippen molar-refractivity contribution in [3.63, 3.8) is 0 Å². The molecule has 0 saturated carbocycles. The molecule has 0 N–H and O–H groups in total. The van der Waals surface area contributed by atoms with Gasteiger partial charge in [0.1, 0.15) is 0 Å². The van der Waals surface area contributed by atoms with Crippen LogP contribution in [0, 0.1) is 0 Å². The van der Waals surface area contributed by atoms with Crippen LogP contribution in [0.5, 0.6) is 0 Å². The first-order chi connectivity index (χ1) is 5.52. The maximum atomic E-state index is 12.7. The van der Waals surface area contributed by atoms with Crippen LogP contribution < -0.4 is 0 Å². The molecular formula is C9H8F2S. The predicted molar refractivity (Wildman–Crippen MR) is 48.8 cm³/mol. The number of hydrogen-bond donors (Lipinski definition) is 0. The van der Waals surface area contributed by atoms with Crippen LogP contribution in [0.1, 0.15) is 12.5 Å². The fourth-order valence-electron chi connectivity index (χ4n) is 0.843. The van der Waals surface area contributed by atoms with E-state index in [9.17, 15) is 8.78 Å². The van der Waals surface area contributed by atoms with Crippen LogP contribution in [0.25, 0.3) is 0 Å². The minimum absolute atomic E-state index is 0.303. The second-order valence-electron chi connectivity index (χ2n) is 2.58. The molecule has 0 saturated heterocycles. The predicted octanol–water partition coefficient (Wildman–Crippen LogP) is 3.06. The number of alkyl halides is 2. The molecule has 0 unspecified atom stereocenters. The van der Waals surface area contributed by atoms with Crippen molar-refractivity contribution in [3.05, 3.63) is 35.9 Å². The summed E-state index contributed by atoms with van der Waals surface area (Å²) in [5, 5.41) is 0. The highest BCUT2D eigenvalue weighted by Crippen LogP contribution is 2.19. The molecule has 0 aliphatic heterocycles. The second-order valence-corrected chi connectivity index (χ2v) is 2.99. The summed E-state index contributed by atoms with van der Waals surface area (Å²) < 4.78 is 25.3. The minimum Gasteiger partial charge on any atom is -0.201 e. The molecule has 0 nitrogen and oxygen atoms in total. The Morgan fingerprint density at radius 3 is 2.17 bits per heavy atom. The average molecular weight is 186 g/mol. The number of halogens is 2. The molecule has 0 atom stereocenters. The summed E-state index contributed by atoms with van der Waals surface area (Å²) in [6.07, 6.45) is 0. The molecule has 64 valence electrons. The van der Waals surface area contributed by atoms with Crippen LogP contribution >= 0.6 is 12.2 Å². The summed E-state index contributed by atoms with van der Waals surface area (Å²) in [4.78, 5) is -0.303. The first kappa shape index (κ1) is 9.26. The zero-order chi connectivity index (χ0) is 9.19. The second kappa shape index (κ2) is 3.27. The van der Waals surface area contributed by atoms with Crippen molar-refractivity contribution in [2.75, 3.05) is 0 Å². The first-order valence-electron chi connectivity index (χ1n) is 3.49. The van der Waals surface area contributed by atoms with E-state index in [-0.39, 0.29) is 4.86 Å². The van der Waals surface area contributed by atoms with Crippen molar-refractivity contribution < 1.29 is 8.78 Å². The SMILES string of the molecule is CC(F)(F)C(=S)c1ccccc1. The highest BCUT2D eigenvalue weighted by atomic mass is 32.1. The summed E-state index contributed by atoms with van der Waals surface area (Å²) in [6.45, 7) is 0.808. The highest BCUT2D eigenvalue weighted by molar-refractivity contribution is 7.81. The van der Waals surface area contributed by atoms with Crippen LogP contribution in [0.4, 0.5) is 8.78 Å². The topological polar surface area (TPSA) is 0 Å². The average Bonchev–Trinajstić information content (AvgIpc) is 2.03. The van der Waals surface area contributed by atoms with Gasteiger partial charge in [-0.2, -0.15) is 0 Å². The van der Waals surface area contributed by atoms with Crippen molar-refractivity contribution in [1.29, 1.82) is 0 Å². The van der Waals surface area contributed by atoms with Crippen molar-refractivity contribution in [2.45, 2.75) is 12.8 Å². The molecule has 0 amide bonds. The van der Waals surface area contributed by atoms with E-state index >= 15 is 0 Å². The van der Waals surface area contributed by atoms with Crippen molar-refractivity contribution in [2.24, 2.45) is 0 Å². The Morgan fingerprint density at radius 1 is 1.25 bits per heavy atom. The molecule has 0 fully saturated rings. The van der Waals surface area contributed by atoms with E-state index in [1.807, 2.05) is 0 Å². The zero-order valence-corrected chi connectivity index (χ0v) is 7.37. The molecule has 1 aromatic carbocycles.